The minimum atomic E-state index is 0.205. The van der Waals surface area contributed by atoms with Crippen LogP contribution in [0.3, 0.4) is 0 Å². The fourth-order valence-corrected chi connectivity index (χ4v) is 3.29. The molecule has 1 N–H and O–H groups in total. The highest BCUT2D eigenvalue weighted by Crippen LogP contribution is 2.47. The standard InChI is InChI=1S/C23H26N2O2/c1-16-12-22(16)23-10-9-21(27-23)14-25-17(2)18-6-5-8-20(13-18)26-15-19-7-3-4-11-24-19/h3-11,13,16-17,22,25H,12,14-15H2,1-2H3. The minimum absolute atomic E-state index is 0.205. The molecule has 1 aliphatic rings. The molecule has 27 heavy (non-hydrogen) atoms. The lowest BCUT2D eigenvalue weighted by atomic mass is 10.1. The fraction of sp³-hybridized carbons (Fsp3) is 0.348. The number of benzene rings is 1. The smallest absolute Gasteiger partial charge is 0.130 e. The molecule has 2 aromatic heterocycles. The summed E-state index contributed by atoms with van der Waals surface area (Å²) in [7, 11) is 0. The molecule has 0 saturated heterocycles. The lowest BCUT2D eigenvalue weighted by molar-refractivity contribution is 0.300. The molecule has 1 fully saturated rings. The number of aromatic nitrogens is 1. The van der Waals surface area contributed by atoms with E-state index in [0.717, 1.165) is 35.4 Å². The highest BCUT2D eigenvalue weighted by Gasteiger charge is 2.36. The van der Waals surface area contributed by atoms with E-state index in [4.69, 9.17) is 9.15 Å². The quantitative estimate of drug-likeness (QED) is 0.596. The second-order valence-corrected chi connectivity index (χ2v) is 7.41. The van der Waals surface area contributed by atoms with Crippen molar-refractivity contribution in [2.24, 2.45) is 5.92 Å². The largest absolute Gasteiger partial charge is 0.487 e. The molecular weight excluding hydrogens is 336 g/mol. The van der Waals surface area contributed by atoms with Crippen molar-refractivity contribution in [3.63, 3.8) is 0 Å². The van der Waals surface area contributed by atoms with Crippen LogP contribution in [0.4, 0.5) is 0 Å². The lowest BCUT2D eigenvalue weighted by Crippen LogP contribution is -2.17. The van der Waals surface area contributed by atoms with E-state index in [0.29, 0.717) is 12.5 Å². The number of hydrogen-bond donors (Lipinski definition) is 1. The molecule has 1 aromatic carbocycles. The first kappa shape index (κ1) is 17.8. The molecule has 140 valence electrons. The number of ether oxygens (including phenoxy) is 1. The molecule has 4 heteroatoms. The van der Waals surface area contributed by atoms with Crippen molar-refractivity contribution in [1.29, 1.82) is 0 Å². The molecule has 0 aliphatic heterocycles. The van der Waals surface area contributed by atoms with Crippen molar-refractivity contribution in [2.45, 2.75) is 45.4 Å². The normalized spacial score (nSPS) is 19.6. The van der Waals surface area contributed by atoms with Crippen molar-refractivity contribution in [2.75, 3.05) is 0 Å². The molecule has 3 atom stereocenters. The third-order valence-electron chi connectivity index (χ3n) is 5.21. The monoisotopic (exact) mass is 362 g/mol. The van der Waals surface area contributed by atoms with Gasteiger partial charge in [-0.2, -0.15) is 0 Å². The third-order valence-corrected chi connectivity index (χ3v) is 5.21. The minimum Gasteiger partial charge on any atom is -0.487 e. The van der Waals surface area contributed by atoms with E-state index >= 15 is 0 Å². The number of nitrogens with one attached hydrogen (secondary N) is 1. The van der Waals surface area contributed by atoms with E-state index in [-0.39, 0.29) is 6.04 Å². The van der Waals surface area contributed by atoms with Crippen LogP contribution in [0.15, 0.2) is 65.2 Å². The van der Waals surface area contributed by atoms with Crippen molar-refractivity contribution in [3.8, 4) is 5.75 Å². The maximum atomic E-state index is 5.98. The predicted octanol–water partition coefficient (Wildman–Crippen LogP) is 5.23. The summed E-state index contributed by atoms with van der Waals surface area (Å²) in [5.41, 5.74) is 2.11. The number of furan rings is 1. The molecule has 2 heterocycles. The van der Waals surface area contributed by atoms with Gasteiger partial charge < -0.3 is 14.5 Å². The summed E-state index contributed by atoms with van der Waals surface area (Å²) in [6.45, 7) is 5.63. The number of hydrogen-bond acceptors (Lipinski definition) is 4. The Bertz CT molecular complexity index is 875. The summed E-state index contributed by atoms with van der Waals surface area (Å²) in [4.78, 5) is 4.29. The average molecular weight is 362 g/mol. The van der Waals surface area contributed by atoms with Gasteiger partial charge >= 0.3 is 0 Å². The summed E-state index contributed by atoms with van der Waals surface area (Å²) in [5.74, 6) is 4.39. The Morgan fingerprint density at radius 3 is 2.85 bits per heavy atom. The molecule has 0 radical (unpaired) electrons. The van der Waals surface area contributed by atoms with E-state index in [9.17, 15) is 0 Å². The van der Waals surface area contributed by atoms with Crippen molar-refractivity contribution in [1.82, 2.24) is 10.3 Å². The van der Waals surface area contributed by atoms with Gasteiger partial charge in [0.1, 0.15) is 23.9 Å². The Kier molecular flexibility index (Phi) is 5.26. The highest BCUT2D eigenvalue weighted by molar-refractivity contribution is 5.30. The Balaban J connectivity index is 1.31. The zero-order chi connectivity index (χ0) is 18.6. The Hall–Kier alpha value is -2.59. The van der Waals surface area contributed by atoms with E-state index in [2.05, 4.69) is 48.4 Å². The number of pyridine rings is 1. The Labute approximate surface area is 160 Å². The molecule has 3 aromatic rings. The molecular formula is C23H26N2O2. The van der Waals surface area contributed by atoms with Gasteiger partial charge in [-0.15, -0.1) is 0 Å². The predicted molar refractivity (Wildman–Crippen MR) is 105 cm³/mol. The Morgan fingerprint density at radius 1 is 1.19 bits per heavy atom. The maximum absolute atomic E-state index is 5.98. The van der Waals surface area contributed by atoms with Gasteiger partial charge in [-0.25, -0.2) is 0 Å². The van der Waals surface area contributed by atoms with Gasteiger partial charge in [0.15, 0.2) is 0 Å². The first-order chi connectivity index (χ1) is 13.2. The second-order valence-electron chi connectivity index (χ2n) is 7.41. The van der Waals surface area contributed by atoms with Crippen LogP contribution in [0.5, 0.6) is 5.75 Å². The second kappa shape index (κ2) is 7.97. The van der Waals surface area contributed by atoms with Crippen LogP contribution in [-0.2, 0) is 13.2 Å². The summed E-state index contributed by atoms with van der Waals surface area (Å²) in [6, 6.07) is 18.5. The van der Waals surface area contributed by atoms with E-state index in [1.165, 1.54) is 12.0 Å². The first-order valence-electron chi connectivity index (χ1n) is 9.63. The maximum Gasteiger partial charge on any atom is 0.130 e. The topological polar surface area (TPSA) is 47.3 Å². The molecule has 1 aliphatic carbocycles. The first-order valence-corrected chi connectivity index (χ1v) is 9.63. The summed E-state index contributed by atoms with van der Waals surface area (Å²) >= 11 is 0. The zero-order valence-electron chi connectivity index (χ0n) is 15.9. The molecule has 3 unspecified atom stereocenters. The summed E-state index contributed by atoms with van der Waals surface area (Å²) in [6.07, 6.45) is 3.03. The van der Waals surface area contributed by atoms with Crippen LogP contribution in [0.25, 0.3) is 0 Å². The lowest BCUT2D eigenvalue weighted by Gasteiger charge is -2.15. The van der Waals surface area contributed by atoms with Crippen molar-refractivity contribution >= 4 is 0 Å². The molecule has 4 rings (SSSR count). The van der Waals surface area contributed by atoms with Crippen LogP contribution in [-0.4, -0.2) is 4.98 Å². The summed E-state index contributed by atoms with van der Waals surface area (Å²) in [5, 5.41) is 3.54. The van der Waals surface area contributed by atoms with E-state index in [1.54, 1.807) is 6.20 Å². The van der Waals surface area contributed by atoms with Gasteiger partial charge in [-0.05, 0) is 61.2 Å². The van der Waals surface area contributed by atoms with Crippen LogP contribution >= 0.6 is 0 Å². The summed E-state index contributed by atoms with van der Waals surface area (Å²) < 4.78 is 11.9. The van der Waals surface area contributed by atoms with Gasteiger partial charge in [0.25, 0.3) is 0 Å². The third kappa shape index (κ3) is 4.58. The van der Waals surface area contributed by atoms with Crippen LogP contribution in [0.2, 0.25) is 0 Å². The van der Waals surface area contributed by atoms with Crippen LogP contribution in [0.1, 0.15) is 55.0 Å². The zero-order valence-corrected chi connectivity index (χ0v) is 15.9. The SMILES string of the molecule is CC(NCc1ccc(C2CC2C)o1)c1cccc(OCc2ccccn2)c1. The molecule has 4 nitrogen and oxygen atoms in total. The van der Waals surface area contributed by atoms with Crippen molar-refractivity contribution in [3.05, 3.63) is 83.6 Å². The Morgan fingerprint density at radius 2 is 2.07 bits per heavy atom. The number of rotatable bonds is 8. The van der Waals surface area contributed by atoms with Gasteiger partial charge in [0.05, 0.1) is 12.2 Å². The van der Waals surface area contributed by atoms with E-state index < -0.39 is 0 Å². The molecule has 1 saturated carbocycles. The van der Waals surface area contributed by atoms with Gasteiger partial charge in [-0.1, -0.05) is 25.1 Å². The van der Waals surface area contributed by atoms with Gasteiger partial charge in [-0.3, -0.25) is 4.98 Å². The van der Waals surface area contributed by atoms with Gasteiger partial charge in [0.2, 0.25) is 0 Å². The molecule has 0 bridgehead atoms. The van der Waals surface area contributed by atoms with E-state index in [1.807, 2.05) is 30.3 Å². The number of nitrogens with zero attached hydrogens (tertiary/aromatic N) is 1. The van der Waals surface area contributed by atoms with Crippen molar-refractivity contribution < 1.29 is 9.15 Å². The molecule has 0 amide bonds. The van der Waals surface area contributed by atoms with Crippen LogP contribution < -0.4 is 10.1 Å². The van der Waals surface area contributed by atoms with Crippen LogP contribution in [0, 0.1) is 5.92 Å². The molecule has 0 spiro atoms. The average Bonchev–Trinajstić information content (AvgIpc) is 3.25. The fourth-order valence-electron chi connectivity index (χ4n) is 3.29. The van der Waals surface area contributed by atoms with Gasteiger partial charge in [0, 0.05) is 18.2 Å². The highest BCUT2D eigenvalue weighted by atomic mass is 16.5.